The van der Waals surface area contributed by atoms with Crippen molar-refractivity contribution in [1.82, 2.24) is 9.97 Å². The van der Waals surface area contributed by atoms with Gasteiger partial charge in [0.2, 0.25) is 5.95 Å². The van der Waals surface area contributed by atoms with Crippen molar-refractivity contribution >= 4 is 35.1 Å². The van der Waals surface area contributed by atoms with Gasteiger partial charge >= 0.3 is 0 Å². The summed E-state index contributed by atoms with van der Waals surface area (Å²) >= 11 is 0. The van der Waals surface area contributed by atoms with Gasteiger partial charge < -0.3 is 15.3 Å². The molecule has 6 heteroatoms. The first-order valence-electron chi connectivity index (χ1n) is 8.25. The Kier molecular flexibility index (Phi) is 6.86. The molecular weight excluding hydrogens is 312 g/mol. The lowest BCUT2D eigenvalue weighted by atomic mass is 10.2. The van der Waals surface area contributed by atoms with Crippen molar-refractivity contribution < 1.29 is 5.11 Å². The van der Waals surface area contributed by atoms with Crippen molar-refractivity contribution in [3.8, 4) is 0 Å². The van der Waals surface area contributed by atoms with Crippen LogP contribution in [0.3, 0.4) is 0 Å². The topological polar surface area (TPSA) is 61.3 Å². The molecule has 0 aliphatic carbocycles. The highest BCUT2D eigenvalue weighted by Crippen LogP contribution is 2.24. The molecular formula is C17H25ClN4O. The van der Waals surface area contributed by atoms with Gasteiger partial charge in [-0.3, -0.25) is 0 Å². The molecule has 1 aliphatic heterocycles. The maximum atomic E-state index is 8.97. The summed E-state index contributed by atoms with van der Waals surface area (Å²) < 4.78 is 0. The summed E-state index contributed by atoms with van der Waals surface area (Å²) in [6.45, 7) is 2.98. The number of aliphatic hydroxyl groups is 1. The molecule has 3 rings (SSSR count). The molecule has 126 valence electrons. The predicted octanol–water partition coefficient (Wildman–Crippen LogP) is 3.23. The molecule has 1 aliphatic rings. The zero-order valence-electron chi connectivity index (χ0n) is 13.4. The minimum Gasteiger partial charge on any atom is -0.396 e. The monoisotopic (exact) mass is 336 g/mol. The van der Waals surface area contributed by atoms with E-state index in [4.69, 9.17) is 15.1 Å². The fraction of sp³-hybridized carbons (Fsp3) is 0.529. The van der Waals surface area contributed by atoms with Crippen molar-refractivity contribution in [3.63, 3.8) is 0 Å². The van der Waals surface area contributed by atoms with Crippen LogP contribution in [0.25, 0.3) is 10.9 Å². The van der Waals surface area contributed by atoms with Gasteiger partial charge in [-0.25, -0.2) is 4.98 Å². The van der Waals surface area contributed by atoms with Gasteiger partial charge in [-0.2, -0.15) is 4.98 Å². The van der Waals surface area contributed by atoms with Crippen molar-refractivity contribution in [3.05, 3.63) is 24.3 Å². The van der Waals surface area contributed by atoms with E-state index in [-0.39, 0.29) is 19.0 Å². The molecule has 1 aromatic heterocycles. The molecule has 2 heterocycles. The summed E-state index contributed by atoms with van der Waals surface area (Å²) in [5.74, 6) is 1.70. The lowest BCUT2D eigenvalue weighted by Crippen LogP contribution is -2.26. The van der Waals surface area contributed by atoms with Gasteiger partial charge in [0.15, 0.2) is 0 Å². The van der Waals surface area contributed by atoms with Gasteiger partial charge in [0.25, 0.3) is 0 Å². The second-order valence-corrected chi connectivity index (χ2v) is 5.79. The molecule has 1 aromatic carbocycles. The number of hydrogen-bond acceptors (Lipinski definition) is 5. The number of hydrogen-bond donors (Lipinski definition) is 2. The molecule has 0 spiro atoms. The van der Waals surface area contributed by atoms with Crippen LogP contribution in [0.5, 0.6) is 0 Å². The standard InChI is InChI=1S/C17H24N4O.ClH/c22-13-7-10-18-16-14-8-3-4-9-15(14)19-17(20-16)21-11-5-1-2-6-12-21;/h3-4,8-9,22H,1-2,5-7,10-13H2,(H,18,19,20);1H. The summed E-state index contributed by atoms with van der Waals surface area (Å²) in [5.41, 5.74) is 0.975. The van der Waals surface area contributed by atoms with E-state index in [2.05, 4.69) is 10.2 Å². The van der Waals surface area contributed by atoms with E-state index in [1.54, 1.807) is 0 Å². The number of aliphatic hydroxyl groups excluding tert-OH is 1. The number of benzene rings is 1. The maximum absolute atomic E-state index is 8.97. The summed E-state index contributed by atoms with van der Waals surface area (Å²) in [7, 11) is 0. The van der Waals surface area contributed by atoms with E-state index >= 15 is 0 Å². The van der Waals surface area contributed by atoms with E-state index in [0.29, 0.717) is 0 Å². The Hall–Kier alpha value is -1.59. The van der Waals surface area contributed by atoms with Gasteiger partial charge in [-0.1, -0.05) is 25.0 Å². The molecule has 2 N–H and O–H groups in total. The Morgan fingerprint density at radius 2 is 1.78 bits per heavy atom. The van der Waals surface area contributed by atoms with E-state index < -0.39 is 0 Å². The lowest BCUT2D eigenvalue weighted by Gasteiger charge is -2.21. The molecule has 0 amide bonds. The fourth-order valence-corrected chi connectivity index (χ4v) is 2.90. The van der Waals surface area contributed by atoms with E-state index in [9.17, 15) is 0 Å². The van der Waals surface area contributed by atoms with Crippen LogP contribution >= 0.6 is 12.4 Å². The molecule has 5 nitrogen and oxygen atoms in total. The van der Waals surface area contributed by atoms with Gasteiger partial charge in [-0.05, 0) is 31.4 Å². The van der Waals surface area contributed by atoms with E-state index in [1.807, 2.05) is 24.3 Å². The summed E-state index contributed by atoms with van der Waals surface area (Å²) in [4.78, 5) is 11.8. The molecule has 1 saturated heterocycles. The van der Waals surface area contributed by atoms with Crippen LogP contribution in [0, 0.1) is 0 Å². The van der Waals surface area contributed by atoms with Crippen LogP contribution in [0.2, 0.25) is 0 Å². The van der Waals surface area contributed by atoms with E-state index in [0.717, 1.165) is 48.7 Å². The van der Waals surface area contributed by atoms with E-state index in [1.165, 1.54) is 25.7 Å². The van der Waals surface area contributed by atoms with Crippen molar-refractivity contribution in [1.29, 1.82) is 0 Å². The quantitative estimate of drug-likeness (QED) is 0.821. The normalized spacial score (nSPS) is 15.1. The molecule has 0 saturated carbocycles. The van der Waals surface area contributed by atoms with Crippen molar-refractivity contribution in [2.75, 3.05) is 36.5 Å². The van der Waals surface area contributed by atoms with Crippen LogP contribution in [-0.4, -0.2) is 41.3 Å². The number of nitrogens with zero attached hydrogens (tertiary/aromatic N) is 3. The van der Waals surface area contributed by atoms with Crippen LogP contribution in [0.15, 0.2) is 24.3 Å². The Bertz CT molecular complexity index is 615. The molecule has 0 unspecified atom stereocenters. The molecule has 0 bridgehead atoms. The van der Waals surface area contributed by atoms with Crippen LogP contribution in [0.4, 0.5) is 11.8 Å². The van der Waals surface area contributed by atoms with Gasteiger partial charge in [0.1, 0.15) is 5.82 Å². The second-order valence-electron chi connectivity index (χ2n) is 5.79. The smallest absolute Gasteiger partial charge is 0.227 e. The third-order valence-electron chi connectivity index (χ3n) is 4.11. The highest BCUT2D eigenvalue weighted by Gasteiger charge is 2.15. The van der Waals surface area contributed by atoms with Crippen LogP contribution in [0.1, 0.15) is 32.1 Å². The largest absolute Gasteiger partial charge is 0.396 e. The van der Waals surface area contributed by atoms with Gasteiger partial charge in [0, 0.05) is 31.6 Å². The lowest BCUT2D eigenvalue weighted by molar-refractivity contribution is 0.292. The second kappa shape index (κ2) is 8.89. The fourth-order valence-electron chi connectivity index (χ4n) is 2.90. The Labute approximate surface area is 143 Å². The third kappa shape index (κ3) is 4.45. The van der Waals surface area contributed by atoms with Crippen LogP contribution < -0.4 is 10.2 Å². The first-order chi connectivity index (χ1) is 10.9. The Balaban J connectivity index is 0.00000192. The van der Waals surface area contributed by atoms with Gasteiger partial charge in [-0.15, -0.1) is 12.4 Å². The molecule has 2 aromatic rings. The van der Waals surface area contributed by atoms with Crippen LogP contribution in [-0.2, 0) is 0 Å². The number of para-hydroxylation sites is 1. The zero-order valence-corrected chi connectivity index (χ0v) is 14.2. The highest BCUT2D eigenvalue weighted by molar-refractivity contribution is 5.90. The molecule has 0 radical (unpaired) electrons. The first kappa shape index (κ1) is 17.8. The Morgan fingerprint density at radius 3 is 2.52 bits per heavy atom. The summed E-state index contributed by atoms with van der Waals surface area (Å²) in [6, 6.07) is 8.10. The summed E-state index contributed by atoms with van der Waals surface area (Å²) in [6.07, 6.45) is 5.74. The third-order valence-corrected chi connectivity index (χ3v) is 4.11. The predicted molar refractivity (Wildman–Crippen MR) is 97.7 cm³/mol. The number of nitrogens with one attached hydrogen (secondary N) is 1. The SMILES string of the molecule is Cl.OCCCNc1nc(N2CCCCCC2)nc2ccccc12. The minimum absolute atomic E-state index is 0. The average molecular weight is 337 g/mol. The molecule has 23 heavy (non-hydrogen) atoms. The highest BCUT2D eigenvalue weighted by atomic mass is 35.5. The number of fused-ring (bicyclic) bond motifs is 1. The van der Waals surface area contributed by atoms with Gasteiger partial charge in [0.05, 0.1) is 5.52 Å². The number of halogens is 1. The maximum Gasteiger partial charge on any atom is 0.227 e. The number of anilines is 2. The minimum atomic E-state index is 0. The summed E-state index contributed by atoms with van der Waals surface area (Å²) in [5, 5.41) is 13.4. The molecule has 0 atom stereocenters. The number of aromatic nitrogens is 2. The Morgan fingerprint density at radius 1 is 1.04 bits per heavy atom. The average Bonchev–Trinajstić information content (AvgIpc) is 2.84. The zero-order chi connectivity index (χ0) is 15.2. The first-order valence-corrected chi connectivity index (χ1v) is 8.25. The number of rotatable bonds is 5. The molecule has 1 fully saturated rings. The van der Waals surface area contributed by atoms with Crippen molar-refractivity contribution in [2.45, 2.75) is 32.1 Å². The van der Waals surface area contributed by atoms with Crippen molar-refractivity contribution in [2.24, 2.45) is 0 Å².